The lowest BCUT2D eigenvalue weighted by Crippen LogP contribution is -2.57. The monoisotopic (exact) mass is 205 g/mol. The van der Waals surface area contributed by atoms with Crippen molar-refractivity contribution in [1.82, 2.24) is 5.32 Å². The second-order valence-corrected chi connectivity index (χ2v) is 3.36. The number of carbonyl (C=O) groups is 1. The van der Waals surface area contributed by atoms with Crippen molar-refractivity contribution in [3.63, 3.8) is 0 Å². The summed E-state index contributed by atoms with van der Waals surface area (Å²) >= 11 is 0. The highest BCUT2D eigenvalue weighted by Gasteiger charge is 2.36. The zero-order valence-electron chi connectivity index (χ0n) is 7.88. The highest BCUT2D eigenvalue weighted by atomic mass is 16.6. The summed E-state index contributed by atoms with van der Waals surface area (Å²) in [5, 5.41) is 30.0. The number of amides is 1. The molecule has 0 unspecified atom stereocenters. The number of hydrogen-bond donors (Lipinski definition) is 4. The van der Waals surface area contributed by atoms with Crippen LogP contribution in [0.4, 0.5) is 0 Å². The first-order valence-electron chi connectivity index (χ1n) is 4.44. The fourth-order valence-corrected chi connectivity index (χ4v) is 1.46. The maximum Gasteiger partial charge on any atom is 0.217 e. The van der Waals surface area contributed by atoms with E-state index in [-0.39, 0.29) is 18.9 Å². The van der Waals surface area contributed by atoms with Crippen LogP contribution in [0, 0.1) is 0 Å². The maximum atomic E-state index is 10.7. The predicted octanol–water partition coefficient (Wildman–Crippen LogP) is -2.05. The average molecular weight is 205 g/mol. The number of ether oxygens (including phenoxy) is 1. The largest absolute Gasteiger partial charge is 0.394 e. The molecule has 0 aliphatic carbocycles. The van der Waals surface area contributed by atoms with E-state index in [2.05, 4.69) is 5.32 Å². The van der Waals surface area contributed by atoms with Gasteiger partial charge in [-0.3, -0.25) is 4.79 Å². The van der Waals surface area contributed by atoms with Crippen LogP contribution in [0.5, 0.6) is 0 Å². The van der Waals surface area contributed by atoms with Crippen molar-refractivity contribution in [2.75, 3.05) is 6.61 Å². The number of aliphatic hydroxyl groups excluding tert-OH is 3. The van der Waals surface area contributed by atoms with Crippen molar-refractivity contribution >= 4 is 5.91 Å². The number of hydrogen-bond acceptors (Lipinski definition) is 5. The summed E-state index contributed by atoms with van der Waals surface area (Å²) in [6.07, 6.45) is -2.57. The van der Waals surface area contributed by atoms with Gasteiger partial charge >= 0.3 is 0 Å². The van der Waals surface area contributed by atoms with Crippen LogP contribution in [0.2, 0.25) is 0 Å². The molecular formula is C8H15NO5. The van der Waals surface area contributed by atoms with Gasteiger partial charge in [-0.25, -0.2) is 0 Å². The van der Waals surface area contributed by atoms with Crippen molar-refractivity contribution in [1.29, 1.82) is 0 Å². The third-order valence-corrected chi connectivity index (χ3v) is 2.13. The van der Waals surface area contributed by atoms with Crippen molar-refractivity contribution in [3.05, 3.63) is 0 Å². The van der Waals surface area contributed by atoms with Crippen LogP contribution >= 0.6 is 0 Å². The Labute approximate surface area is 81.5 Å². The van der Waals surface area contributed by atoms with Crippen LogP contribution in [-0.2, 0) is 9.53 Å². The molecule has 0 aromatic heterocycles. The van der Waals surface area contributed by atoms with E-state index in [1.165, 1.54) is 6.92 Å². The molecule has 14 heavy (non-hydrogen) atoms. The molecule has 0 saturated carbocycles. The van der Waals surface area contributed by atoms with Gasteiger partial charge in [0.15, 0.2) is 6.29 Å². The Kier molecular flexibility index (Phi) is 3.82. The smallest absolute Gasteiger partial charge is 0.217 e. The number of carbonyl (C=O) groups excluding carboxylic acids is 1. The average Bonchev–Trinajstić information content (AvgIpc) is 2.10. The molecule has 0 aromatic carbocycles. The Bertz CT molecular complexity index is 198. The van der Waals surface area contributed by atoms with E-state index >= 15 is 0 Å². The van der Waals surface area contributed by atoms with E-state index < -0.39 is 24.5 Å². The van der Waals surface area contributed by atoms with Crippen LogP contribution in [0.3, 0.4) is 0 Å². The first-order valence-corrected chi connectivity index (χ1v) is 4.44. The zero-order chi connectivity index (χ0) is 10.7. The molecule has 0 bridgehead atoms. The Morgan fingerprint density at radius 2 is 2.21 bits per heavy atom. The Balaban J connectivity index is 2.55. The van der Waals surface area contributed by atoms with E-state index in [1.807, 2.05) is 0 Å². The van der Waals surface area contributed by atoms with Gasteiger partial charge in [-0.1, -0.05) is 0 Å². The highest BCUT2D eigenvalue weighted by Crippen LogP contribution is 2.18. The zero-order valence-corrected chi connectivity index (χ0v) is 7.88. The predicted molar refractivity (Wildman–Crippen MR) is 46.2 cm³/mol. The van der Waals surface area contributed by atoms with Crippen molar-refractivity contribution < 1.29 is 24.9 Å². The van der Waals surface area contributed by atoms with Gasteiger partial charge < -0.3 is 25.4 Å². The molecule has 1 rings (SSSR count). The van der Waals surface area contributed by atoms with Crippen LogP contribution < -0.4 is 5.32 Å². The Morgan fingerprint density at radius 3 is 2.64 bits per heavy atom. The summed E-state index contributed by atoms with van der Waals surface area (Å²) in [7, 11) is 0. The first kappa shape index (κ1) is 11.4. The standard InChI is InChI=1S/C8H15NO5/c1-4(11)9-7-6(12)2-5(3-10)14-8(7)13/h5-8,10,12-13H,2-3H2,1H3,(H,9,11)/t5-,6-,7-,8-/m0/s1. The summed E-state index contributed by atoms with van der Waals surface area (Å²) in [5.74, 6) is -0.348. The second-order valence-electron chi connectivity index (χ2n) is 3.36. The van der Waals surface area contributed by atoms with Crippen molar-refractivity contribution in [3.8, 4) is 0 Å². The lowest BCUT2D eigenvalue weighted by molar-refractivity contribution is -0.214. The van der Waals surface area contributed by atoms with Crippen molar-refractivity contribution in [2.45, 2.75) is 37.9 Å². The van der Waals surface area contributed by atoms with Gasteiger partial charge in [-0.15, -0.1) is 0 Å². The summed E-state index contributed by atoms with van der Waals surface area (Å²) in [4.78, 5) is 10.7. The lowest BCUT2D eigenvalue weighted by atomic mass is 10.0. The molecule has 6 heteroatoms. The van der Waals surface area contributed by atoms with E-state index in [4.69, 9.17) is 9.84 Å². The molecule has 1 amide bonds. The van der Waals surface area contributed by atoms with E-state index in [9.17, 15) is 15.0 Å². The molecule has 1 heterocycles. The minimum atomic E-state index is -1.28. The molecule has 0 radical (unpaired) electrons. The minimum Gasteiger partial charge on any atom is -0.394 e. The van der Waals surface area contributed by atoms with Gasteiger partial charge in [0.1, 0.15) is 6.04 Å². The molecule has 82 valence electrons. The quantitative estimate of drug-likeness (QED) is 0.416. The van der Waals surface area contributed by atoms with Crippen LogP contribution in [0.15, 0.2) is 0 Å². The minimum absolute atomic E-state index is 0.193. The van der Waals surface area contributed by atoms with Crippen LogP contribution in [-0.4, -0.2) is 52.4 Å². The SMILES string of the molecule is CC(=O)N[C@H]1[C@@H](O)C[C@@H](CO)O[C@@H]1O. The molecule has 1 aliphatic heterocycles. The van der Waals surface area contributed by atoms with Gasteiger partial charge in [0.25, 0.3) is 0 Å². The maximum absolute atomic E-state index is 10.7. The molecule has 4 N–H and O–H groups in total. The number of nitrogens with one attached hydrogen (secondary N) is 1. The number of rotatable bonds is 2. The highest BCUT2D eigenvalue weighted by molar-refractivity contribution is 5.73. The molecule has 0 aromatic rings. The van der Waals surface area contributed by atoms with E-state index in [0.29, 0.717) is 0 Å². The van der Waals surface area contributed by atoms with Gasteiger partial charge in [-0.05, 0) is 0 Å². The third-order valence-electron chi connectivity index (χ3n) is 2.13. The Morgan fingerprint density at radius 1 is 1.57 bits per heavy atom. The van der Waals surface area contributed by atoms with Gasteiger partial charge in [0.05, 0.1) is 18.8 Å². The fraction of sp³-hybridized carbons (Fsp3) is 0.875. The molecule has 1 aliphatic rings. The molecule has 0 spiro atoms. The first-order chi connectivity index (χ1) is 6.54. The summed E-state index contributed by atoms with van der Waals surface area (Å²) < 4.78 is 4.95. The second kappa shape index (κ2) is 4.70. The van der Waals surface area contributed by atoms with Crippen LogP contribution in [0.25, 0.3) is 0 Å². The summed E-state index contributed by atoms with van der Waals surface area (Å²) in [6.45, 7) is 1.03. The molecule has 6 nitrogen and oxygen atoms in total. The van der Waals surface area contributed by atoms with Crippen molar-refractivity contribution in [2.24, 2.45) is 0 Å². The van der Waals surface area contributed by atoms with Gasteiger partial charge in [0, 0.05) is 13.3 Å². The fourth-order valence-electron chi connectivity index (χ4n) is 1.46. The molecule has 4 atom stereocenters. The molecular weight excluding hydrogens is 190 g/mol. The van der Waals surface area contributed by atoms with Gasteiger partial charge in [-0.2, -0.15) is 0 Å². The third kappa shape index (κ3) is 2.65. The Hall–Kier alpha value is -0.690. The molecule has 1 saturated heterocycles. The van der Waals surface area contributed by atoms with E-state index in [0.717, 1.165) is 0 Å². The number of aliphatic hydroxyl groups is 3. The van der Waals surface area contributed by atoms with E-state index in [1.54, 1.807) is 0 Å². The topological polar surface area (TPSA) is 99.0 Å². The summed E-state index contributed by atoms with van der Waals surface area (Å²) in [5.41, 5.74) is 0. The molecule has 1 fully saturated rings. The van der Waals surface area contributed by atoms with Crippen LogP contribution in [0.1, 0.15) is 13.3 Å². The lowest BCUT2D eigenvalue weighted by Gasteiger charge is -2.36. The van der Waals surface area contributed by atoms with Gasteiger partial charge in [0.2, 0.25) is 5.91 Å². The normalized spacial score (nSPS) is 38.0. The summed E-state index contributed by atoms with van der Waals surface area (Å²) in [6, 6.07) is -0.824.